The van der Waals surface area contributed by atoms with E-state index in [1.165, 1.54) is 32.1 Å². The maximum Gasteiger partial charge on any atom is 1.00 e. The Morgan fingerprint density at radius 3 is 2.13 bits per heavy atom. The molecule has 5 fully saturated rings. The smallest absolute Gasteiger partial charge is 0.726 e. The first-order valence-electron chi connectivity index (χ1n) is 15.0. The minimum Gasteiger partial charge on any atom is -0.726 e. The van der Waals surface area contributed by atoms with Crippen molar-refractivity contribution in [1.82, 2.24) is 0 Å². The van der Waals surface area contributed by atoms with Crippen molar-refractivity contribution in [3.63, 3.8) is 0 Å². The van der Waals surface area contributed by atoms with Crippen LogP contribution in [-0.2, 0) is 14.6 Å². The average Bonchev–Trinajstić information content (AvgIpc) is 3.36. The summed E-state index contributed by atoms with van der Waals surface area (Å²) in [6.45, 7) is 13.7. The number of aliphatic hydroxyl groups is 2. The van der Waals surface area contributed by atoms with E-state index in [9.17, 15) is 23.2 Å². The molecule has 0 unspecified atom stereocenters. The summed E-state index contributed by atoms with van der Waals surface area (Å²) in [6, 6.07) is 0. The molecule has 0 saturated heterocycles. The Labute approximate surface area is 253 Å². The molecule has 5 rings (SSSR count). The van der Waals surface area contributed by atoms with E-state index in [-0.39, 0.29) is 69.8 Å². The monoisotopic (exact) mass is 562 g/mol. The standard InChI is InChI=1S/C30H52O6S.Na/c1-19(2)15-21(32)16-20(3)22-9-11-28(6)24-8-7-23-26(4,18-31)25(36-37(33,34)35)10-12-29(23)17-30(24,29)14-13-27(22,28)5;/h19-25,31-32H,7-18H2,1-6H3,(H,33,34,35);/q;+1/p-1/t20-,21+,22-,23+,24+,25+,26+,27-,28+,29-,30+;/m1./s1. The molecular formula is C30H51NaO6S. The molecule has 214 valence electrons. The average molecular weight is 563 g/mol. The molecule has 6 nitrogen and oxygen atoms in total. The Hall–Kier alpha value is 0.790. The van der Waals surface area contributed by atoms with Crippen molar-refractivity contribution >= 4 is 10.4 Å². The van der Waals surface area contributed by atoms with Gasteiger partial charge in [0.05, 0.1) is 18.8 Å². The first-order valence-corrected chi connectivity index (χ1v) is 16.3. The molecule has 5 saturated carbocycles. The van der Waals surface area contributed by atoms with Gasteiger partial charge in [0, 0.05) is 5.41 Å². The molecule has 2 N–H and O–H groups in total. The van der Waals surface area contributed by atoms with Gasteiger partial charge in [-0.05, 0) is 122 Å². The van der Waals surface area contributed by atoms with Crippen molar-refractivity contribution in [3.05, 3.63) is 0 Å². The zero-order valence-electron chi connectivity index (χ0n) is 25.0. The van der Waals surface area contributed by atoms with Gasteiger partial charge in [0.2, 0.25) is 10.4 Å². The van der Waals surface area contributed by atoms with Crippen LogP contribution in [0.25, 0.3) is 0 Å². The van der Waals surface area contributed by atoms with E-state index in [0.717, 1.165) is 32.1 Å². The van der Waals surface area contributed by atoms with E-state index in [4.69, 9.17) is 4.18 Å². The Morgan fingerprint density at radius 1 is 0.895 bits per heavy atom. The molecule has 0 aliphatic heterocycles. The summed E-state index contributed by atoms with van der Waals surface area (Å²) in [5.41, 5.74) is 0.250. The van der Waals surface area contributed by atoms with Gasteiger partial charge in [0.25, 0.3) is 0 Å². The maximum absolute atomic E-state index is 11.5. The molecule has 38 heavy (non-hydrogen) atoms. The van der Waals surface area contributed by atoms with Gasteiger partial charge in [0.15, 0.2) is 0 Å². The number of fused-ring (bicyclic) bond motifs is 2. The van der Waals surface area contributed by atoms with Crippen LogP contribution in [0.2, 0.25) is 0 Å². The van der Waals surface area contributed by atoms with Gasteiger partial charge in [-0.25, -0.2) is 8.42 Å². The van der Waals surface area contributed by atoms with Gasteiger partial charge < -0.3 is 14.8 Å². The fourth-order valence-corrected chi connectivity index (χ4v) is 12.5. The van der Waals surface area contributed by atoms with Gasteiger partial charge in [-0.3, -0.25) is 4.18 Å². The third-order valence-electron chi connectivity index (χ3n) is 13.6. The second kappa shape index (κ2) is 10.2. The molecule has 0 amide bonds. The third kappa shape index (κ3) is 4.46. The van der Waals surface area contributed by atoms with Crippen LogP contribution in [0.5, 0.6) is 0 Å². The minimum absolute atomic E-state index is 0. The molecule has 0 radical (unpaired) electrons. The molecule has 0 bridgehead atoms. The van der Waals surface area contributed by atoms with Crippen molar-refractivity contribution in [2.24, 2.45) is 56.7 Å². The van der Waals surface area contributed by atoms with Gasteiger partial charge in [-0.2, -0.15) is 0 Å². The summed E-state index contributed by atoms with van der Waals surface area (Å²) in [6.07, 6.45) is 10.5. The van der Waals surface area contributed by atoms with Crippen molar-refractivity contribution in [1.29, 1.82) is 0 Å². The second-order valence-corrected chi connectivity index (χ2v) is 16.4. The van der Waals surface area contributed by atoms with E-state index < -0.39 is 21.9 Å². The van der Waals surface area contributed by atoms with E-state index in [1.54, 1.807) is 0 Å². The second-order valence-electron chi connectivity index (χ2n) is 15.3. The third-order valence-corrected chi connectivity index (χ3v) is 14.0. The van der Waals surface area contributed by atoms with E-state index in [0.29, 0.717) is 30.1 Å². The number of hydrogen-bond donors (Lipinski definition) is 2. The Bertz CT molecular complexity index is 1000. The summed E-state index contributed by atoms with van der Waals surface area (Å²) >= 11 is 0. The van der Waals surface area contributed by atoms with Crippen LogP contribution in [0.3, 0.4) is 0 Å². The van der Waals surface area contributed by atoms with Crippen LogP contribution in [0.4, 0.5) is 0 Å². The summed E-state index contributed by atoms with van der Waals surface area (Å²) < 4.78 is 39.6. The Balaban J connectivity index is 0.00000336. The number of aliphatic hydroxyl groups excluding tert-OH is 2. The van der Waals surface area contributed by atoms with Gasteiger partial charge in [0.1, 0.15) is 0 Å². The first-order chi connectivity index (χ1) is 17.1. The summed E-state index contributed by atoms with van der Waals surface area (Å²) in [5.74, 6) is 2.51. The summed E-state index contributed by atoms with van der Waals surface area (Å²) in [4.78, 5) is 0. The largest absolute Gasteiger partial charge is 1.00 e. The Kier molecular flexibility index (Phi) is 8.52. The van der Waals surface area contributed by atoms with Crippen LogP contribution in [0, 0.1) is 56.7 Å². The van der Waals surface area contributed by atoms with Gasteiger partial charge in [-0.1, -0.05) is 41.5 Å². The predicted octanol–water partition coefficient (Wildman–Crippen LogP) is 2.68. The predicted molar refractivity (Wildman–Crippen MR) is 142 cm³/mol. The number of hydrogen-bond acceptors (Lipinski definition) is 6. The van der Waals surface area contributed by atoms with E-state index in [1.807, 2.05) is 6.92 Å². The van der Waals surface area contributed by atoms with E-state index in [2.05, 4.69) is 34.6 Å². The molecule has 2 spiro atoms. The van der Waals surface area contributed by atoms with E-state index >= 15 is 0 Å². The van der Waals surface area contributed by atoms with Crippen molar-refractivity contribution in [3.8, 4) is 0 Å². The molecule has 11 atom stereocenters. The molecule has 0 heterocycles. The zero-order valence-corrected chi connectivity index (χ0v) is 27.8. The van der Waals surface area contributed by atoms with Crippen LogP contribution in [0.1, 0.15) is 112 Å². The molecule has 0 aromatic carbocycles. The SMILES string of the molecule is CC(C)C[C@H](O)C[C@@H](C)[C@H]1CC[C@@]2(C)[C@@H]3CC[C@H]4[C@](C)(CO)[C@@H](OS(=O)(=O)[O-])CC[C@@]45C[C@@]35CC[C@]12C.[Na+]. The Morgan fingerprint density at radius 2 is 1.53 bits per heavy atom. The molecular weight excluding hydrogens is 511 g/mol. The first kappa shape index (κ1) is 31.7. The van der Waals surface area contributed by atoms with Crippen molar-refractivity contribution in [2.45, 2.75) is 124 Å². The summed E-state index contributed by atoms with van der Waals surface area (Å²) in [7, 11) is -4.81. The summed E-state index contributed by atoms with van der Waals surface area (Å²) in [5, 5.41) is 21.3. The zero-order chi connectivity index (χ0) is 27.2. The fourth-order valence-electron chi connectivity index (χ4n) is 11.9. The molecule has 0 aromatic heterocycles. The minimum atomic E-state index is -4.81. The van der Waals surface area contributed by atoms with Crippen LogP contribution in [0.15, 0.2) is 0 Å². The van der Waals surface area contributed by atoms with Crippen LogP contribution in [-0.4, -0.2) is 42.0 Å². The van der Waals surface area contributed by atoms with Crippen molar-refractivity contribution < 1.29 is 56.9 Å². The molecule has 0 aromatic rings. The van der Waals surface area contributed by atoms with Gasteiger partial charge >= 0.3 is 29.6 Å². The normalized spacial score (nSPS) is 49.2. The fraction of sp³-hybridized carbons (Fsp3) is 1.00. The molecule has 8 heteroatoms. The van der Waals surface area contributed by atoms with Gasteiger partial charge in [-0.15, -0.1) is 0 Å². The van der Waals surface area contributed by atoms with Crippen molar-refractivity contribution in [2.75, 3.05) is 6.61 Å². The number of rotatable bonds is 8. The topological polar surface area (TPSA) is 107 Å². The molecule has 5 aliphatic carbocycles. The quantitative estimate of drug-likeness (QED) is 0.268. The maximum atomic E-state index is 11.5. The van der Waals surface area contributed by atoms with Crippen LogP contribution >= 0.6 is 0 Å². The van der Waals surface area contributed by atoms with Crippen LogP contribution < -0.4 is 29.6 Å². The molecule has 5 aliphatic rings.